The molecule has 0 unspecified atom stereocenters. The minimum Gasteiger partial charge on any atom is -0.478 e. The van der Waals surface area contributed by atoms with Crippen LogP contribution in [0.5, 0.6) is 0 Å². The van der Waals surface area contributed by atoms with Crippen molar-refractivity contribution in [3.05, 3.63) is 29.6 Å². The molecular formula is C8H9FN2O4S. The van der Waals surface area contributed by atoms with Crippen molar-refractivity contribution >= 4 is 21.9 Å². The zero-order valence-corrected chi connectivity index (χ0v) is 9.01. The molecule has 6 nitrogen and oxygen atoms in total. The van der Waals surface area contributed by atoms with Gasteiger partial charge in [0.1, 0.15) is 5.82 Å². The van der Waals surface area contributed by atoms with E-state index >= 15 is 0 Å². The monoisotopic (exact) mass is 248 g/mol. The molecule has 1 aromatic rings. The zero-order chi connectivity index (χ0) is 12.3. The quantitative estimate of drug-likeness (QED) is 0.718. The van der Waals surface area contributed by atoms with E-state index in [4.69, 9.17) is 5.11 Å². The summed E-state index contributed by atoms with van der Waals surface area (Å²) in [6.07, 6.45) is 0. The predicted octanol–water partition coefficient (Wildman–Crippen LogP) is 0.400. The lowest BCUT2D eigenvalue weighted by Gasteiger charge is -2.07. The van der Waals surface area contributed by atoms with Crippen LogP contribution in [0.2, 0.25) is 0 Å². The van der Waals surface area contributed by atoms with Crippen molar-refractivity contribution in [3.63, 3.8) is 0 Å². The van der Waals surface area contributed by atoms with Crippen LogP contribution in [0.1, 0.15) is 10.4 Å². The van der Waals surface area contributed by atoms with E-state index in [2.05, 4.69) is 0 Å². The van der Waals surface area contributed by atoms with Gasteiger partial charge in [-0.05, 0) is 18.2 Å². The molecule has 0 saturated carbocycles. The van der Waals surface area contributed by atoms with E-state index in [1.54, 1.807) is 0 Å². The summed E-state index contributed by atoms with van der Waals surface area (Å²) in [6, 6.07) is 2.89. The molecule has 3 N–H and O–H groups in total. The molecule has 8 heteroatoms. The average molecular weight is 248 g/mol. The third-order valence-electron chi connectivity index (χ3n) is 1.72. The molecule has 0 spiro atoms. The van der Waals surface area contributed by atoms with Gasteiger partial charge >= 0.3 is 5.97 Å². The van der Waals surface area contributed by atoms with E-state index in [1.807, 2.05) is 9.44 Å². The average Bonchev–Trinajstić information content (AvgIpc) is 2.20. The Hall–Kier alpha value is -1.67. The number of carboxylic acid groups (broad SMARTS) is 1. The Bertz CT molecular complexity index is 515. The zero-order valence-electron chi connectivity index (χ0n) is 8.19. The third-order valence-corrected chi connectivity index (χ3v) is 2.76. The van der Waals surface area contributed by atoms with Crippen LogP contribution in [-0.2, 0) is 10.2 Å². The Labute approximate surface area is 91.3 Å². The Morgan fingerprint density at radius 2 is 2.06 bits per heavy atom. The molecule has 88 valence electrons. The lowest BCUT2D eigenvalue weighted by Crippen LogP contribution is -2.26. The smallest absolute Gasteiger partial charge is 0.338 e. The van der Waals surface area contributed by atoms with Crippen molar-refractivity contribution in [2.45, 2.75) is 0 Å². The molecule has 16 heavy (non-hydrogen) atoms. The summed E-state index contributed by atoms with van der Waals surface area (Å²) in [7, 11) is -2.56. The molecule has 0 fully saturated rings. The van der Waals surface area contributed by atoms with Gasteiger partial charge in [0, 0.05) is 7.05 Å². The van der Waals surface area contributed by atoms with Gasteiger partial charge in [-0.15, -0.1) is 0 Å². The number of hydrogen-bond acceptors (Lipinski definition) is 3. The second kappa shape index (κ2) is 4.45. The minimum atomic E-state index is -3.74. The van der Waals surface area contributed by atoms with Gasteiger partial charge in [-0.2, -0.15) is 8.42 Å². The van der Waals surface area contributed by atoms with E-state index in [1.165, 1.54) is 7.05 Å². The molecule has 0 radical (unpaired) electrons. The summed E-state index contributed by atoms with van der Waals surface area (Å²) < 4.78 is 39.1. The van der Waals surface area contributed by atoms with Crippen molar-refractivity contribution in [2.24, 2.45) is 0 Å². The van der Waals surface area contributed by atoms with Gasteiger partial charge in [-0.3, -0.25) is 4.72 Å². The highest BCUT2D eigenvalue weighted by atomic mass is 32.2. The first-order valence-electron chi connectivity index (χ1n) is 4.10. The summed E-state index contributed by atoms with van der Waals surface area (Å²) in [4.78, 5) is 10.6. The molecule has 0 atom stereocenters. The maximum atomic E-state index is 13.0. The molecular weight excluding hydrogens is 239 g/mol. The van der Waals surface area contributed by atoms with Crippen molar-refractivity contribution in [2.75, 3.05) is 11.8 Å². The summed E-state index contributed by atoms with van der Waals surface area (Å²) in [6.45, 7) is 0. The maximum Gasteiger partial charge on any atom is 0.338 e. The number of nitrogens with one attached hydrogen (secondary N) is 2. The number of halogens is 1. The standard InChI is InChI=1S/C8H9FN2O4S/c1-10-16(14,15)11-5-2-3-7(9)6(4-5)8(12)13/h2-4,10-11H,1H3,(H,12,13). The first kappa shape index (κ1) is 12.4. The van der Waals surface area contributed by atoms with Gasteiger partial charge in [-0.25, -0.2) is 13.9 Å². The van der Waals surface area contributed by atoms with E-state index in [-0.39, 0.29) is 5.69 Å². The van der Waals surface area contributed by atoms with Crippen LogP contribution >= 0.6 is 0 Å². The fourth-order valence-corrected chi connectivity index (χ4v) is 1.50. The van der Waals surface area contributed by atoms with Crippen molar-refractivity contribution in [1.82, 2.24) is 4.72 Å². The fraction of sp³-hybridized carbons (Fsp3) is 0.125. The first-order chi connectivity index (χ1) is 7.35. The SMILES string of the molecule is CNS(=O)(=O)Nc1ccc(F)c(C(=O)O)c1. The Morgan fingerprint density at radius 3 is 2.56 bits per heavy atom. The highest BCUT2D eigenvalue weighted by Gasteiger charge is 2.13. The second-order valence-electron chi connectivity index (χ2n) is 2.81. The van der Waals surface area contributed by atoms with Crippen LogP contribution < -0.4 is 9.44 Å². The molecule has 0 aliphatic rings. The first-order valence-corrected chi connectivity index (χ1v) is 5.58. The highest BCUT2D eigenvalue weighted by molar-refractivity contribution is 7.90. The van der Waals surface area contributed by atoms with E-state index < -0.39 is 27.6 Å². The summed E-state index contributed by atoms with van der Waals surface area (Å²) >= 11 is 0. The van der Waals surface area contributed by atoms with Crippen LogP contribution in [0, 0.1) is 5.82 Å². The lowest BCUT2D eigenvalue weighted by molar-refractivity contribution is 0.0692. The van der Waals surface area contributed by atoms with Crippen molar-refractivity contribution in [1.29, 1.82) is 0 Å². The van der Waals surface area contributed by atoms with Crippen molar-refractivity contribution < 1.29 is 22.7 Å². The number of rotatable bonds is 4. The van der Waals surface area contributed by atoms with Gasteiger partial charge < -0.3 is 5.11 Å². The molecule has 0 aliphatic carbocycles. The number of hydrogen-bond donors (Lipinski definition) is 3. The van der Waals surface area contributed by atoms with E-state index in [9.17, 15) is 17.6 Å². The van der Waals surface area contributed by atoms with Crippen LogP contribution in [0.15, 0.2) is 18.2 Å². The second-order valence-corrected chi connectivity index (χ2v) is 4.43. The number of aromatic carboxylic acids is 1. The predicted molar refractivity (Wildman–Crippen MR) is 55.0 cm³/mol. The normalized spacial score (nSPS) is 11.1. The number of carbonyl (C=O) groups is 1. The van der Waals surface area contributed by atoms with Crippen LogP contribution in [0.3, 0.4) is 0 Å². The Kier molecular flexibility index (Phi) is 3.45. The topological polar surface area (TPSA) is 95.5 Å². The van der Waals surface area contributed by atoms with Crippen molar-refractivity contribution in [3.8, 4) is 0 Å². The molecule has 0 saturated heterocycles. The molecule has 0 heterocycles. The molecule has 0 bridgehead atoms. The number of carboxylic acids is 1. The lowest BCUT2D eigenvalue weighted by atomic mass is 10.2. The van der Waals surface area contributed by atoms with Gasteiger partial charge in [0.05, 0.1) is 11.3 Å². The maximum absolute atomic E-state index is 13.0. The highest BCUT2D eigenvalue weighted by Crippen LogP contribution is 2.15. The largest absolute Gasteiger partial charge is 0.478 e. The van der Waals surface area contributed by atoms with E-state index in [0.29, 0.717) is 0 Å². The van der Waals surface area contributed by atoms with Gasteiger partial charge in [0.2, 0.25) is 0 Å². The summed E-state index contributed by atoms with van der Waals surface area (Å²) in [5, 5.41) is 8.61. The Balaban J connectivity index is 3.09. The van der Waals surface area contributed by atoms with Crippen LogP contribution in [0.4, 0.5) is 10.1 Å². The van der Waals surface area contributed by atoms with Gasteiger partial charge in [-0.1, -0.05) is 0 Å². The van der Waals surface area contributed by atoms with E-state index in [0.717, 1.165) is 18.2 Å². The molecule has 0 amide bonds. The molecule has 0 aromatic heterocycles. The van der Waals surface area contributed by atoms with Crippen LogP contribution in [0.25, 0.3) is 0 Å². The number of anilines is 1. The molecule has 0 aliphatic heterocycles. The van der Waals surface area contributed by atoms with Crippen LogP contribution in [-0.4, -0.2) is 26.5 Å². The third kappa shape index (κ3) is 2.91. The summed E-state index contributed by atoms with van der Waals surface area (Å²) in [5.41, 5.74) is -0.635. The van der Waals surface area contributed by atoms with Gasteiger partial charge in [0.15, 0.2) is 0 Å². The molecule has 1 rings (SSSR count). The minimum absolute atomic E-state index is 0.0341. The summed E-state index contributed by atoms with van der Waals surface area (Å²) in [5.74, 6) is -2.40. The Morgan fingerprint density at radius 1 is 1.44 bits per heavy atom. The fourth-order valence-electron chi connectivity index (χ4n) is 0.959. The molecule has 1 aromatic carbocycles. The number of benzene rings is 1. The van der Waals surface area contributed by atoms with Gasteiger partial charge in [0.25, 0.3) is 10.2 Å².